The van der Waals surface area contributed by atoms with E-state index in [1.165, 1.54) is 9.80 Å². The molecule has 190 valence electrons. The first-order valence-corrected chi connectivity index (χ1v) is 13.1. The van der Waals surface area contributed by atoms with Crippen molar-refractivity contribution in [2.75, 3.05) is 9.80 Å². The Kier molecular flexibility index (Phi) is 6.17. The molecule has 5 aromatic rings. The minimum atomic E-state index is -0.457. The van der Waals surface area contributed by atoms with Crippen molar-refractivity contribution < 1.29 is 9.59 Å². The lowest BCUT2D eigenvalue weighted by atomic mass is 10.00. The number of carbonyl (C=O) groups is 2. The van der Waals surface area contributed by atoms with Gasteiger partial charge in [0.05, 0.1) is 17.1 Å². The molecule has 1 saturated heterocycles. The number of rotatable bonds is 4. The van der Waals surface area contributed by atoms with Crippen LogP contribution in [-0.4, -0.2) is 21.9 Å². The molecule has 1 aromatic heterocycles. The lowest BCUT2D eigenvalue weighted by molar-refractivity contribution is -0.120. The fourth-order valence-electron chi connectivity index (χ4n) is 4.86. The number of amides is 2. The van der Waals surface area contributed by atoms with E-state index in [2.05, 4.69) is 4.98 Å². The Bertz CT molecular complexity index is 1700. The highest BCUT2D eigenvalue weighted by Gasteiger charge is 2.41. The highest BCUT2D eigenvalue weighted by Crippen LogP contribution is 2.35. The molecule has 5 nitrogen and oxygen atoms in total. The van der Waals surface area contributed by atoms with Crippen LogP contribution in [0.3, 0.4) is 0 Å². The molecule has 2 heterocycles. The number of aromatic amines is 1. The molecule has 6 rings (SSSR count). The van der Waals surface area contributed by atoms with E-state index < -0.39 is 11.8 Å². The van der Waals surface area contributed by atoms with Crippen molar-refractivity contribution in [3.05, 3.63) is 125 Å². The second-order valence-electron chi connectivity index (χ2n) is 9.62. The summed E-state index contributed by atoms with van der Waals surface area (Å²) in [5.74, 6) is -0.914. The molecular weight excluding hydrogens is 502 g/mol. The average Bonchev–Trinajstić information content (AvgIpc) is 3.32. The van der Waals surface area contributed by atoms with E-state index in [9.17, 15) is 9.59 Å². The molecule has 1 N–H and O–H groups in total. The van der Waals surface area contributed by atoms with Crippen LogP contribution < -0.4 is 9.80 Å². The molecule has 39 heavy (non-hydrogen) atoms. The quantitative estimate of drug-likeness (QED) is 0.153. The minimum Gasteiger partial charge on any atom is -0.354 e. The summed E-state index contributed by atoms with van der Waals surface area (Å²) in [6.45, 7) is 3.96. The van der Waals surface area contributed by atoms with E-state index in [1.807, 2.05) is 117 Å². The zero-order valence-electron chi connectivity index (χ0n) is 21.5. The number of nitrogens with zero attached hydrogens (tertiary/aromatic N) is 2. The molecule has 0 spiro atoms. The van der Waals surface area contributed by atoms with Gasteiger partial charge in [-0.2, -0.15) is 0 Å². The van der Waals surface area contributed by atoms with Gasteiger partial charge in [0.1, 0.15) is 5.57 Å². The number of thiocarbonyl (C=S) groups is 1. The van der Waals surface area contributed by atoms with Crippen LogP contribution in [0.1, 0.15) is 16.7 Å². The fraction of sp³-hybridized carbons (Fsp3) is 0.0606. The number of aryl methyl sites for hydroxylation is 2. The van der Waals surface area contributed by atoms with Gasteiger partial charge in [-0.3, -0.25) is 19.4 Å². The van der Waals surface area contributed by atoms with Crippen molar-refractivity contribution >= 4 is 57.5 Å². The molecule has 0 atom stereocenters. The maximum Gasteiger partial charge on any atom is 0.270 e. The van der Waals surface area contributed by atoms with E-state index >= 15 is 0 Å². The topological polar surface area (TPSA) is 56.4 Å². The molecular formula is C33H25N3O2S. The summed E-state index contributed by atoms with van der Waals surface area (Å²) in [4.78, 5) is 34.5. The van der Waals surface area contributed by atoms with Gasteiger partial charge in [-0.1, -0.05) is 83.9 Å². The van der Waals surface area contributed by atoms with Crippen molar-refractivity contribution in [3.8, 4) is 11.3 Å². The summed E-state index contributed by atoms with van der Waals surface area (Å²) in [6.07, 6.45) is 1.70. The summed E-state index contributed by atoms with van der Waals surface area (Å²) in [7, 11) is 0. The highest BCUT2D eigenvalue weighted by atomic mass is 32.1. The number of hydrogen-bond acceptors (Lipinski definition) is 3. The third-order valence-electron chi connectivity index (χ3n) is 6.93. The van der Waals surface area contributed by atoms with Gasteiger partial charge in [0.2, 0.25) is 0 Å². The third-order valence-corrected chi connectivity index (χ3v) is 7.30. The first-order chi connectivity index (χ1) is 18.9. The number of nitrogens with one attached hydrogen (secondary N) is 1. The summed E-state index contributed by atoms with van der Waals surface area (Å²) in [5, 5.41) is 1.04. The van der Waals surface area contributed by atoms with Crippen molar-refractivity contribution in [1.82, 2.24) is 4.98 Å². The van der Waals surface area contributed by atoms with Gasteiger partial charge < -0.3 is 4.98 Å². The molecule has 4 aromatic carbocycles. The molecule has 1 fully saturated rings. The van der Waals surface area contributed by atoms with Gasteiger partial charge in [-0.25, -0.2) is 0 Å². The van der Waals surface area contributed by atoms with Crippen LogP contribution in [0.4, 0.5) is 11.4 Å². The second-order valence-corrected chi connectivity index (χ2v) is 9.98. The number of aromatic nitrogens is 1. The summed E-state index contributed by atoms with van der Waals surface area (Å²) < 4.78 is 0. The monoisotopic (exact) mass is 527 g/mol. The van der Waals surface area contributed by atoms with Crippen LogP contribution in [0.2, 0.25) is 0 Å². The first kappa shape index (κ1) is 24.5. The third kappa shape index (κ3) is 4.35. The number of para-hydroxylation sites is 1. The predicted molar refractivity (Wildman–Crippen MR) is 162 cm³/mol. The average molecular weight is 528 g/mol. The van der Waals surface area contributed by atoms with Gasteiger partial charge in [0, 0.05) is 16.5 Å². The molecule has 0 bridgehead atoms. The highest BCUT2D eigenvalue weighted by molar-refractivity contribution is 7.81. The maximum absolute atomic E-state index is 14.1. The largest absolute Gasteiger partial charge is 0.354 e. The molecule has 1 aliphatic rings. The Morgan fingerprint density at radius 1 is 0.667 bits per heavy atom. The molecule has 2 amide bonds. The Labute approximate surface area is 232 Å². The fourth-order valence-corrected chi connectivity index (χ4v) is 5.24. The van der Waals surface area contributed by atoms with Crippen molar-refractivity contribution in [1.29, 1.82) is 0 Å². The van der Waals surface area contributed by atoms with Crippen LogP contribution in [0.25, 0.3) is 28.2 Å². The SMILES string of the molecule is Cc1ccc(N2C(=O)C(=Cc3c(-c4ccccc4)[nH]c4ccccc34)C(=O)N(c3ccc(C)cc3)C2=S)cc1. The van der Waals surface area contributed by atoms with Gasteiger partial charge in [-0.05, 0) is 68.0 Å². The Hall–Kier alpha value is -4.81. The Morgan fingerprint density at radius 2 is 1.18 bits per heavy atom. The number of hydrogen-bond donors (Lipinski definition) is 1. The van der Waals surface area contributed by atoms with E-state index in [-0.39, 0.29) is 10.7 Å². The van der Waals surface area contributed by atoms with Crippen molar-refractivity contribution in [3.63, 3.8) is 0 Å². The normalized spacial score (nSPS) is 13.9. The van der Waals surface area contributed by atoms with Crippen LogP contribution in [0, 0.1) is 13.8 Å². The minimum absolute atomic E-state index is 0.0340. The van der Waals surface area contributed by atoms with E-state index in [0.717, 1.165) is 38.9 Å². The smallest absolute Gasteiger partial charge is 0.270 e. The maximum atomic E-state index is 14.1. The van der Waals surface area contributed by atoms with Crippen LogP contribution >= 0.6 is 12.2 Å². The van der Waals surface area contributed by atoms with E-state index in [0.29, 0.717) is 11.4 Å². The Balaban J connectivity index is 1.57. The number of anilines is 2. The molecule has 0 saturated carbocycles. The summed E-state index contributed by atoms with van der Waals surface area (Å²) in [6, 6.07) is 32.9. The first-order valence-electron chi connectivity index (χ1n) is 12.7. The number of carbonyl (C=O) groups excluding carboxylic acids is 2. The lowest BCUT2D eigenvalue weighted by Gasteiger charge is -2.36. The van der Waals surface area contributed by atoms with Gasteiger partial charge >= 0.3 is 0 Å². The number of H-pyrrole nitrogens is 1. The molecule has 0 unspecified atom stereocenters. The Morgan fingerprint density at radius 3 is 1.74 bits per heavy atom. The van der Waals surface area contributed by atoms with Crippen LogP contribution in [-0.2, 0) is 9.59 Å². The van der Waals surface area contributed by atoms with E-state index in [1.54, 1.807) is 6.08 Å². The van der Waals surface area contributed by atoms with Gasteiger partial charge in [0.15, 0.2) is 5.11 Å². The molecule has 6 heteroatoms. The molecule has 1 aliphatic heterocycles. The zero-order valence-corrected chi connectivity index (χ0v) is 22.3. The van der Waals surface area contributed by atoms with E-state index in [4.69, 9.17) is 12.2 Å². The predicted octanol–water partition coefficient (Wildman–Crippen LogP) is 7.20. The molecule has 0 radical (unpaired) electrons. The van der Waals surface area contributed by atoms with Gasteiger partial charge in [0.25, 0.3) is 11.8 Å². The van der Waals surface area contributed by atoms with Crippen molar-refractivity contribution in [2.45, 2.75) is 13.8 Å². The standard InChI is InChI=1S/C33H25N3O2S/c1-21-12-16-24(17-13-21)35-31(37)28(32(38)36(33(35)39)25-18-14-22(2)15-19-25)20-27-26-10-6-7-11-29(26)34-30(27)23-8-4-3-5-9-23/h3-20,34H,1-2H3. The number of fused-ring (bicyclic) bond motifs is 1. The summed E-state index contributed by atoms with van der Waals surface area (Å²) >= 11 is 5.79. The number of benzene rings is 4. The van der Waals surface area contributed by atoms with Crippen LogP contribution in [0.5, 0.6) is 0 Å². The second kappa shape index (κ2) is 9.82. The molecule has 0 aliphatic carbocycles. The van der Waals surface area contributed by atoms with Crippen LogP contribution in [0.15, 0.2) is 109 Å². The zero-order chi connectivity index (χ0) is 27.1. The lowest BCUT2D eigenvalue weighted by Crippen LogP contribution is -2.56. The van der Waals surface area contributed by atoms with Crippen molar-refractivity contribution in [2.24, 2.45) is 0 Å². The van der Waals surface area contributed by atoms with Gasteiger partial charge in [-0.15, -0.1) is 0 Å². The summed E-state index contributed by atoms with van der Waals surface area (Å²) in [5.41, 5.74) is 6.84.